The van der Waals surface area contributed by atoms with E-state index in [9.17, 15) is 44.4 Å². The molecule has 58 heavy (non-hydrogen) atoms. The Kier molecular flexibility index (Phi) is 15.1. The maximum absolute atomic E-state index is 13.3. The van der Waals surface area contributed by atoms with Crippen molar-refractivity contribution in [3.63, 3.8) is 0 Å². The molecule has 0 amide bonds. The van der Waals surface area contributed by atoms with Crippen molar-refractivity contribution in [2.45, 2.75) is 166 Å². The number of aliphatic hydroxyl groups is 4. The maximum atomic E-state index is 13.3. The van der Waals surface area contributed by atoms with E-state index < -0.39 is 114 Å². The topological polar surface area (TPSA) is 240 Å². The fourth-order valence-electron chi connectivity index (χ4n) is 8.11. The van der Waals surface area contributed by atoms with Crippen molar-refractivity contribution in [3.05, 3.63) is 35.5 Å². The Hall–Kier alpha value is -3.71. The van der Waals surface area contributed by atoms with Crippen molar-refractivity contribution in [3.8, 4) is 0 Å². The molecule has 4 N–H and O–H groups in total. The highest BCUT2D eigenvalue weighted by Crippen LogP contribution is 2.50. The fraction of sp³-hybridized carbons (Fsp3) is 0.732. The number of hydrogen-bond donors (Lipinski definition) is 4. The van der Waals surface area contributed by atoms with Gasteiger partial charge in [0.15, 0.2) is 11.9 Å². The molecular formula is C41H60O17. The second kappa shape index (κ2) is 18.7. The van der Waals surface area contributed by atoms with Crippen LogP contribution in [0.1, 0.15) is 99.8 Å². The lowest BCUT2D eigenvalue weighted by atomic mass is 9.70. The van der Waals surface area contributed by atoms with Gasteiger partial charge in [0, 0.05) is 57.1 Å². The van der Waals surface area contributed by atoms with Crippen molar-refractivity contribution in [2.24, 2.45) is 10.8 Å². The summed E-state index contributed by atoms with van der Waals surface area (Å²) in [5, 5.41) is 46.9. The van der Waals surface area contributed by atoms with Crippen molar-refractivity contribution in [1.82, 2.24) is 0 Å². The van der Waals surface area contributed by atoms with E-state index in [1.165, 1.54) is 27.0 Å². The zero-order chi connectivity index (χ0) is 43.4. The summed E-state index contributed by atoms with van der Waals surface area (Å²) in [5.74, 6) is -8.15. The van der Waals surface area contributed by atoms with Crippen LogP contribution in [0.4, 0.5) is 0 Å². The summed E-state index contributed by atoms with van der Waals surface area (Å²) in [6.45, 7) is 10.3. The molecule has 0 aliphatic carbocycles. The molecule has 0 spiro atoms. The maximum Gasteiger partial charge on any atom is 0.330 e. The highest BCUT2D eigenvalue weighted by atomic mass is 16.7. The van der Waals surface area contributed by atoms with Crippen molar-refractivity contribution in [2.75, 3.05) is 14.2 Å². The van der Waals surface area contributed by atoms with Crippen LogP contribution in [0.15, 0.2) is 35.5 Å². The normalized spacial score (nSPS) is 37.4. The predicted molar refractivity (Wildman–Crippen MR) is 201 cm³/mol. The van der Waals surface area contributed by atoms with Gasteiger partial charge in [-0.3, -0.25) is 14.4 Å². The number of hydrogen-bond acceptors (Lipinski definition) is 17. The molecule has 3 saturated heterocycles. The van der Waals surface area contributed by atoms with E-state index in [2.05, 4.69) is 0 Å². The van der Waals surface area contributed by atoms with E-state index in [1.807, 2.05) is 0 Å². The first-order valence-corrected chi connectivity index (χ1v) is 19.5. The number of esters is 5. The van der Waals surface area contributed by atoms with Gasteiger partial charge in [-0.1, -0.05) is 45.4 Å². The van der Waals surface area contributed by atoms with Crippen LogP contribution >= 0.6 is 0 Å². The molecule has 0 aromatic heterocycles. The summed E-state index contributed by atoms with van der Waals surface area (Å²) < 4.78 is 46.0. The number of aliphatic hydroxyl groups excluding tert-OH is 2. The standard InChI is InChI=1S/C41H60O17/c1-22(42)32-19-29-15-26(16-35(47)52-9)37(54-24(3)44)41(50,58-29)38(4,5)11-10-28-12-25(14-34(46)51-8)13-31(55-28)21-40(49)39(6,7)33(53-23(2)43)20-30(57-40)17-27(45)18-36(48)56-32/h10-11,14,16,22,27-33,37,42,45,49-50H,12-13,15,17-21H2,1-9H3. The van der Waals surface area contributed by atoms with Crippen molar-refractivity contribution in [1.29, 1.82) is 0 Å². The van der Waals surface area contributed by atoms with Crippen molar-refractivity contribution >= 4 is 29.8 Å². The molecule has 0 aromatic rings. The van der Waals surface area contributed by atoms with Gasteiger partial charge in [-0.2, -0.15) is 0 Å². The molecule has 0 aromatic carbocycles. The zero-order valence-electron chi connectivity index (χ0n) is 34.8. The summed E-state index contributed by atoms with van der Waals surface area (Å²) in [6.07, 6.45) is -5.03. The fourth-order valence-corrected chi connectivity index (χ4v) is 8.11. The highest BCUT2D eigenvalue weighted by Gasteiger charge is 2.59. The summed E-state index contributed by atoms with van der Waals surface area (Å²) in [4.78, 5) is 63.2. The molecule has 326 valence electrons. The minimum absolute atomic E-state index is 0.0778. The first-order valence-electron chi connectivity index (χ1n) is 19.5. The predicted octanol–water partition coefficient (Wildman–Crippen LogP) is 2.39. The van der Waals surface area contributed by atoms with E-state index >= 15 is 0 Å². The third-order valence-electron chi connectivity index (χ3n) is 11.5. The van der Waals surface area contributed by atoms with E-state index in [-0.39, 0.29) is 50.5 Å². The van der Waals surface area contributed by atoms with Crippen LogP contribution in [-0.2, 0) is 61.9 Å². The SMILES string of the molecule is COC(=O)C=C1CC2C=CC(C)(C)C3(O)OC(CC(=CC(=O)OC)C3OC(C)=O)CC(C(C)O)OC(=O)CC(O)CC3CC(OC(C)=O)C(C)(C)C(O)(CC(C1)O2)O3. The number of ether oxygens (including phenoxy) is 8. The minimum Gasteiger partial charge on any atom is -0.466 e. The van der Waals surface area contributed by atoms with Gasteiger partial charge in [-0.25, -0.2) is 9.59 Å². The van der Waals surface area contributed by atoms with Gasteiger partial charge in [0.25, 0.3) is 0 Å². The second-order valence-electron chi connectivity index (χ2n) is 16.9. The molecule has 4 rings (SSSR count). The molecule has 4 aliphatic heterocycles. The van der Waals surface area contributed by atoms with Gasteiger partial charge >= 0.3 is 29.8 Å². The number of cyclic esters (lactones) is 1. The number of fused-ring (bicyclic) bond motifs is 6. The number of rotatable bonds is 5. The van der Waals surface area contributed by atoms with Gasteiger partial charge in [-0.15, -0.1) is 0 Å². The summed E-state index contributed by atoms with van der Waals surface area (Å²) in [5.41, 5.74) is -1.97. The first kappa shape index (κ1) is 47.0. The quantitative estimate of drug-likeness (QED) is 0.135. The molecule has 0 saturated carbocycles. The third kappa shape index (κ3) is 11.1. The summed E-state index contributed by atoms with van der Waals surface area (Å²) in [6, 6.07) is 0. The van der Waals surface area contributed by atoms with Crippen LogP contribution in [0.3, 0.4) is 0 Å². The monoisotopic (exact) mass is 824 g/mol. The molecule has 6 bridgehead atoms. The van der Waals surface area contributed by atoms with Gasteiger partial charge in [0.2, 0.25) is 5.79 Å². The van der Waals surface area contributed by atoms with Crippen LogP contribution < -0.4 is 0 Å². The molecule has 0 radical (unpaired) electrons. The third-order valence-corrected chi connectivity index (χ3v) is 11.5. The minimum atomic E-state index is -2.41. The number of carbonyl (C=O) groups excluding carboxylic acids is 5. The molecule has 4 heterocycles. The van der Waals surface area contributed by atoms with Crippen LogP contribution in [-0.4, -0.2) is 131 Å². The molecule has 17 nitrogen and oxygen atoms in total. The highest BCUT2D eigenvalue weighted by molar-refractivity contribution is 5.83. The van der Waals surface area contributed by atoms with Gasteiger partial charge in [-0.05, 0) is 31.8 Å². The zero-order valence-corrected chi connectivity index (χ0v) is 34.8. The van der Waals surface area contributed by atoms with E-state index in [0.717, 1.165) is 20.1 Å². The Morgan fingerprint density at radius 3 is 2.09 bits per heavy atom. The summed E-state index contributed by atoms with van der Waals surface area (Å²) >= 11 is 0. The lowest BCUT2D eigenvalue weighted by Crippen LogP contribution is -2.62. The molecule has 4 aliphatic rings. The smallest absolute Gasteiger partial charge is 0.330 e. The van der Waals surface area contributed by atoms with Crippen LogP contribution in [0.25, 0.3) is 0 Å². The van der Waals surface area contributed by atoms with Crippen LogP contribution in [0, 0.1) is 10.8 Å². The largest absolute Gasteiger partial charge is 0.466 e. The molecular weight excluding hydrogens is 764 g/mol. The Bertz CT molecular complexity index is 1630. The molecule has 17 heteroatoms. The van der Waals surface area contributed by atoms with Crippen molar-refractivity contribution < 1.29 is 82.3 Å². The van der Waals surface area contributed by atoms with Crippen LogP contribution in [0.5, 0.6) is 0 Å². The van der Waals surface area contributed by atoms with Crippen LogP contribution in [0.2, 0.25) is 0 Å². The lowest BCUT2D eigenvalue weighted by Gasteiger charge is -2.53. The molecule has 3 fully saturated rings. The summed E-state index contributed by atoms with van der Waals surface area (Å²) in [7, 11) is 2.40. The Balaban J connectivity index is 1.88. The number of methoxy groups -OCH3 is 2. The van der Waals surface area contributed by atoms with Gasteiger partial charge in [0.05, 0.1) is 62.7 Å². The van der Waals surface area contributed by atoms with E-state index in [4.69, 9.17) is 37.9 Å². The lowest BCUT2D eigenvalue weighted by molar-refractivity contribution is -0.348. The molecule has 11 unspecified atom stereocenters. The average molecular weight is 825 g/mol. The first-order chi connectivity index (χ1) is 26.9. The van der Waals surface area contributed by atoms with E-state index in [1.54, 1.807) is 39.8 Å². The van der Waals surface area contributed by atoms with Gasteiger partial charge in [0.1, 0.15) is 12.2 Å². The Labute approximate surface area is 338 Å². The van der Waals surface area contributed by atoms with Gasteiger partial charge < -0.3 is 58.3 Å². The van der Waals surface area contributed by atoms with E-state index in [0.29, 0.717) is 5.57 Å². The Morgan fingerprint density at radius 1 is 0.845 bits per heavy atom. The molecule has 11 atom stereocenters. The second-order valence-corrected chi connectivity index (χ2v) is 16.9. The number of carbonyl (C=O) groups is 5. The average Bonchev–Trinajstić information content (AvgIpc) is 3.09. The Morgan fingerprint density at radius 2 is 1.48 bits per heavy atom.